The second-order valence-corrected chi connectivity index (χ2v) is 5.07. The fourth-order valence-corrected chi connectivity index (χ4v) is 2.82. The van der Waals surface area contributed by atoms with Crippen LogP contribution in [0.4, 0.5) is 5.69 Å². The van der Waals surface area contributed by atoms with E-state index >= 15 is 0 Å². The summed E-state index contributed by atoms with van der Waals surface area (Å²) < 4.78 is 0. The molecule has 19 heavy (non-hydrogen) atoms. The van der Waals surface area contributed by atoms with Gasteiger partial charge in [0.2, 0.25) is 0 Å². The van der Waals surface area contributed by atoms with Gasteiger partial charge in [-0.2, -0.15) is 5.26 Å². The fourth-order valence-electron chi connectivity index (χ4n) is 2.82. The Balaban J connectivity index is 2.31. The van der Waals surface area contributed by atoms with Crippen molar-refractivity contribution in [3.8, 4) is 6.07 Å². The number of aryl methyl sites for hydroxylation is 1. The van der Waals surface area contributed by atoms with Gasteiger partial charge in [0.05, 0.1) is 11.6 Å². The predicted octanol–water partition coefficient (Wildman–Crippen LogP) is 2.70. The Labute approximate surface area is 113 Å². The fraction of sp³-hybridized carbons (Fsp3) is 0.467. The van der Waals surface area contributed by atoms with Gasteiger partial charge in [-0.05, 0) is 43.5 Å². The zero-order valence-electron chi connectivity index (χ0n) is 11.1. The zero-order chi connectivity index (χ0) is 13.8. The number of rotatable bonds is 4. The maximum Gasteiger partial charge on any atom is 0.323 e. The van der Waals surface area contributed by atoms with Crippen molar-refractivity contribution in [2.24, 2.45) is 0 Å². The van der Waals surface area contributed by atoms with Crippen molar-refractivity contribution in [2.75, 3.05) is 11.4 Å². The lowest BCUT2D eigenvalue weighted by Gasteiger charge is -2.31. The molecule has 1 aromatic rings. The quantitative estimate of drug-likeness (QED) is 0.901. The highest BCUT2D eigenvalue weighted by atomic mass is 16.4. The molecule has 4 heteroatoms. The van der Waals surface area contributed by atoms with Gasteiger partial charge in [0, 0.05) is 11.7 Å². The van der Waals surface area contributed by atoms with E-state index in [1.54, 1.807) is 6.07 Å². The third-order valence-corrected chi connectivity index (χ3v) is 3.71. The minimum absolute atomic E-state index is 0.0252. The second-order valence-electron chi connectivity index (χ2n) is 5.07. The number of hydrogen-bond donors (Lipinski definition) is 1. The number of anilines is 1. The summed E-state index contributed by atoms with van der Waals surface area (Å²) in [5, 5.41) is 18.0. The summed E-state index contributed by atoms with van der Waals surface area (Å²) in [5.74, 6) is -0.810. The standard InChI is InChI=1S/C15H18N2O2/c1-11-8-12(9-16)6-7-14(11)17(10-15(18)19)13-4-2-3-5-13/h6-8,13H,2-5,10H2,1H3,(H,18,19). The van der Waals surface area contributed by atoms with E-state index in [0.717, 1.165) is 36.9 Å². The number of nitrogens with zero attached hydrogens (tertiary/aromatic N) is 2. The van der Waals surface area contributed by atoms with Crippen LogP contribution in [-0.4, -0.2) is 23.7 Å². The van der Waals surface area contributed by atoms with E-state index in [-0.39, 0.29) is 6.54 Å². The summed E-state index contributed by atoms with van der Waals surface area (Å²) in [7, 11) is 0. The van der Waals surface area contributed by atoms with Crippen LogP contribution < -0.4 is 4.90 Å². The number of benzene rings is 1. The molecule has 4 nitrogen and oxygen atoms in total. The van der Waals surface area contributed by atoms with Crippen molar-refractivity contribution < 1.29 is 9.90 Å². The highest BCUT2D eigenvalue weighted by Gasteiger charge is 2.25. The lowest BCUT2D eigenvalue weighted by Crippen LogP contribution is -2.38. The van der Waals surface area contributed by atoms with E-state index in [1.807, 2.05) is 24.0 Å². The molecule has 1 aliphatic rings. The van der Waals surface area contributed by atoms with Crippen molar-refractivity contribution in [1.29, 1.82) is 5.26 Å². The van der Waals surface area contributed by atoms with Crippen LogP contribution in [0.15, 0.2) is 18.2 Å². The molecule has 0 atom stereocenters. The van der Waals surface area contributed by atoms with E-state index in [1.165, 1.54) is 0 Å². The first-order chi connectivity index (χ1) is 9.11. The van der Waals surface area contributed by atoms with Gasteiger partial charge in [0.25, 0.3) is 0 Å². The van der Waals surface area contributed by atoms with Crippen LogP contribution in [0.5, 0.6) is 0 Å². The topological polar surface area (TPSA) is 64.3 Å². The van der Waals surface area contributed by atoms with Crippen LogP contribution in [0.25, 0.3) is 0 Å². The summed E-state index contributed by atoms with van der Waals surface area (Å²) in [6.07, 6.45) is 4.42. The third-order valence-electron chi connectivity index (χ3n) is 3.71. The normalized spacial score (nSPS) is 15.2. The highest BCUT2D eigenvalue weighted by Crippen LogP contribution is 2.30. The van der Waals surface area contributed by atoms with E-state index in [4.69, 9.17) is 10.4 Å². The van der Waals surface area contributed by atoms with Crippen LogP contribution in [0.1, 0.15) is 36.8 Å². The van der Waals surface area contributed by atoms with E-state index < -0.39 is 5.97 Å². The van der Waals surface area contributed by atoms with Gasteiger partial charge in [-0.25, -0.2) is 0 Å². The third kappa shape index (κ3) is 3.05. The Morgan fingerprint density at radius 3 is 2.68 bits per heavy atom. The van der Waals surface area contributed by atoms with Crippen molar-refractivity contribution in [3.63, 3.8) is 0 Å². The number of aliphatic carboxylic acids is 1. The number of carboxylic acid groups (broad SMARTS) is 1. The second kappa shape index (κ2) is 5.75. The molecule has 1 aliphatic carbocycles. The van der Waals surface area contributed by atoms with Gasteiger partial charge in [0.1, 0.15) is 6.54 Å². The maximum atomic E-state index is 11.1. The molecular weight excluding hydrogens is 240 g/mol. The molecule has 0 unspecified atom stereocenters. The van der Waals surface area contributed by atoms with Gasteiger partial charge in [-0.1, -0.05) is 12.8 Å². The Bertz CT molecular complexity index is 513. The maximum absolute atomic E-state index is 11.1. The van der Waals surface area contributed by atoms with Crippen molar-refractivity contribution >= 4 is 11.7 Å². The molecule has 0 spiro atoms. The van der Waals surface area contributed by atoms with Gasteiger partial charge in [-0.3, -0.25) is 4.79 Å². The van der Waals surface area contributed by atoms with Gasteiger partial charge >= 0.3 is 5.97 Å². The van der Waals surface area contributed by atoms with Gasteiger partial charge < -0.3 is 10.0 Å². The molecule has 2 rings (SSSR count). The van der Waals surface area contributed by atoms with E-state index in [0.29, 0.717) is 11.6 Å². The van der Waals surface area contributed by atoms with E-state index in [2.05, 4.69) is 6.07 Å². The number of nitriles is 1. The number of carbonyl (C=O) groups is 1. The van der Waals surface area contributed by atoms with Gasteiger partial charge in [-0.15, -0.1) is 0 Å². The smallest absolute Gasteiger partial charge is 0.323 e. The van der Waals surface area contributed by atoms with Crippen molar-refractivity contribution in [1.82, 2.24) is 0 Å². The summed E-state index contributed by atoms with van der Waals surface area (Å²) in [6, 6.07) is 7.86. The molecule has 1 aromatic carbocycles. The van der Waals surface area contributed by atoms with Crippen LogP contribution in [0.2, 0.25) is 0 Å². The first kappa shape index (κ1) is 13.4. The number of hydrogen-bond acceptors (Lipinski definition) is 3. The van der Waals surface area contributed by atoms with Crippen LogP contribution in [-0.2, 0) is 4.79 Å². The molecule has 100 valence electrons. The average Bonchev–Trinajstić information content (AvgIpc) is 2.89. The molecule has 1 N–H and O–H groups in total. The Morgan fingerprint density at radius 2 is 2.16 bits per heavy atom. The highest BCUT2D eigenvalue weighted by molar-refractivity contribution is 5.75. The first-order valence-corrected chi connectivity index (χ1v) is 6.61. The minimum atomic E-state index is -0.810. The zero-order valence-corrected chi connectivity index (χ0v) is 11.1. The minimum Gasteiger partial charge on any atom is -0.480 e. The molecule has 0 amide bonds. The summed E-state index contributed by atoms with van der Waals surface area (Å²) >= 11 is 0. The van der Waals surface area contributed by atoms with Crippen LogP contribution >= 0.6 is 0 Å². The summed E-state index contributed by atoms with van der Waals surface area (Å²) in [4.78, 5) is 13.1. The molecule has 0 bridgehead atoms. The van der Waals surface area contributed by atoms with Gasteiger partial charge in [0.15, 0.2) is 0 Å². The Kier molecular flexibility index (Phi) is 4.06. The average molecular weight is 258 g/mol. The molecule has 0 radical (unpaired) electrons. The Morgan fingerprint density at radius 1 is 1.47 bits per heavy atom. The number of carboxylic acids is 1. The first-order valence-electron chi connectivity index (χ1n) is 6.61. The molecule has 0 aromatic heterocycles. The lowest BCUT2D eigenvalue weighted by atomic mass is 10.1. The largest absolute Gasteiger partial charge is 0.480 e. The predicted molar refractivity (Wildman–Crippen MR) is 73.1 cm³/mol. The van der Waals surface area contributed by atoms with Crippen molar-refractivity contribution in [3.05, 3.63) is 29.3 Å². The van der Waals surface area contributed by atoms with Crippen LogP contribution in [0.3, 0.4) is 0 Å². The molecule has 0 heterocycles. The lowest BCUT2D eigenvalue weighted by molar-refractivity contribution is -0.135. The molecule has 1 fully saturated rings. The summed E-state index contributed by atoms with van der Waals surface area (Å²) in [6.45, 7) is 1.96. The monoisotopic (exact) mass is 258 g/mol. The molecule has 0 aliphatic heterocycles. The van der Waals surface area contributed by atoms with E-state index in [9.17, 15) is 4.79 Å². The molecular formula is C15H18N2O2. The SMILES string of the molecule is Cc1cc(C#N)ccc1N(CC(=O)O)C1CCCC1. The molecule has 0 saturated heterocycles. The Hall–Kier alpha value is -2.02. The van der Waals surface area contributed by atoms with Crippen LogP contribution in [0, 0.1) is 18.3 Å². The van der Waals surface area contributed by atoms with Crippen molar-refractivity contribution in [2.45, 2.75) is 38.6 Å². The molecule has 1 saturated carbocycles. The summed E-state index contributed by atoms with van der Waals surface area (Å²) in [5.41, 5.74) is 2.52.